The molecule has 0 aromatic rings. The van der Waals surface area contributed by atoms with Crippen LogP contribution in [0.5, 0.6) is 0 Å². The quantitative estimate of drug-likeness (QED) is 0.319. The van der Waals surface area contributed by atoms with Crippen molar-refractivity contribution in [2.24, 2.45) is 11.8 Å². The maximum absolute atomic E-state index is 4.00. The first kappa shape index (κ1) is 29.1. The number of hydrogen-bond acceptors (Lipinski definition) is 0. The zero-order chi connectivity index (χ0) is 13.1. The largest absolute Gasteiger partial charge is 0.134 e. The summed E-state index contributed by atoms with van der Waals surface area (Å²) in [7, 11) is 2.99. The topological polar surface area (TPSA) is 0 Å². The molecule has 0 aliphatic heterocycles. The molecule has 3 heteroatoms. The molecule has 121 valence electrons. The average molecular weight is 377 g/mol. The second-order valence-corrected chi connectivity index (χ2v) is 6.39. The molecule has 0 amide bonds. The van der Waals surface area contributed by atoms with Crippen molar-refractivity contribution in [3.8, 4) is 12.8 Å². The van der Waals surface area contributed by atoms with Crippen LogP contribution in [-0.2, 0) is 35.6 Å². The molecule has 0 spiro atoms. The van der Waals surface area contributed by atoms with E-state index >= 15 is 0 Å². The van der Waals surface area contributed by atoms with E-state index in [1.54, 1.807) is 0 Å². The van der Waals surface area contributed by atoms with Gasteiger partial charge in [0.25, 0.3) is 0 Å². The second kappa shape index (κ2) is 20.1. The van der Waals surface area contributed by atoms with Crippen LogP contribution in [0.4, 0.5) is 0 Å². The van der Waals surface area contributed by atoms with E-state index in [1.807, 2.05) is 0 Å². The fraction of sp³-hybridized carbons (Fsp3) is 0.882. The van der Waals surface area contributed by atoms with Crippen LogP contribution in [0.15, 0.2) is 0 Å². The van der Waals surface area contributed by atoms with Crippen LogP contribution in [0.25, 0.3) is 0 Å². The van der Waals surface area contributed by atoms with Crippen molar-refractivity contribution in [1.29, 1.82) is 0 Å². The SMILES string of the molecule is C.C#C.CC1CCCC1.CCCC1CCCC1P.[Fe].[V]. The van der Waals surface area contributed by atoms with Crippen LogP contribution >= 0.6 is 9.24 Å². The Labute approximate surface area is 154 Å². The van der Waals surface area contributed by atoms with Gasteiger partial charge in [-0.25, -0.2) is 0 Å². The Morgan fingerprint density at radius 3 is 1.75 bits per heavy atom. The summed E-state index contributed by atoms with van der Waals surface area (Å²) in [5, 5.41) is 0. The Hall–Kier alpha value is 1.09. The van der Waals surface area contributed by atoms with Crippen LogP contribution in [0.3, 0.4) is 0 Å². The molecule has 20 heavy (non-hydrogen) atoms. The molecule has 2 aliphatic rings. The molecule has 0 aromatic carbocycles. The molecule has 0 saturated heterocycles. The zero-order valence-electron chi connectivity index (χ0n) is 12.6. The normalized spacial score (nSPS) is 23.6. The summed E-state index contributed by atoms with van der Waals surface area (Å²) >= 11 is 0. The van der Waals surface area contributed by atoms with Gasteiger partial charge in [0, 0.05) is 35.6 Å². The molecule has 0 aromatic heterocycles. The smallest absolute Gasteiger partial charge is 0 e. The number of terminal acetylenes is 1. The van der Waals surface area contributed by atoms with Crippen molar-refractivity contribution in [3.63, 3.8) is 0 Å². The first-order valence-corrected chi connectivity index (χ1v) is 7.99. The molecule has 0 heterocycles. The van der Waals surface area contributed by atoms with Gasteiger partial charge in [0.15, 0.2) is 0 Å². The number of rotatable bonds is 2. The molecular formula is C17H35FePV. The summed E-state index contributed by atoms with van der Waals surface area (Å²) in [5.41, 5.74) is 0.949. The van der Waals surface area contributed by atoms with Gasteiger partial charge >= 0.3 is 0 Å². The Kier molecular flexibility index (Phi) is 29.3. The molecule has 2 fully saturated rings. The van der Waals surface area contributed by atoms with E-state index in [-0.39, 0.29) is 43.1 Å². The van der Waals surface area contributed by atoms with E-state index in [2.05, 4.69) is 35.9 Å². The molecule has 2 saturated carbocycles. The third-order valence-electron chi connectivity index (χ3n) is 4.02. The molecule has 0 bridgehead atoms. The van der Waals surface area contributed by atoms with Gasteiger partial charge in [-0.15, -0.1) is 22.1 Å². The van der Waals surface area contributed by atoms with Crippen molar-refractivity contribution in [2.45, 2.75) is 84.7 Å². The van der Waals surface area contributed by atoms with Crippen molar-refractivity contribution in [1.82, 2.24) is 0 Å². The van der Waals surface area contributed by atoms with Crippen LogP contribution in [-0.4, -0.2) is 5.66 Å². The van der Waals surface area contributed by atoms with Gasteiger partial charge < -0.3 is 0 Å². The fourth-order valence-electron chi connectivity index (χ4n) is 2.92. The average Bonchev–Trinajstić information content (AvgIpc) is 2.96. The minimum absolute atomic E-state index is 0. The molecule has 2 rings (SSSR count). The van der Waals surface area contributed by atoms with E-state index < -0.39 is 0 Å². The number of hydrogen-bond donors (Lipinski definition) is 0. The summed E-state index contributed by atoms with van der Waals surface area (Å²) in [6, 6.07) is 0. The van der Waals surface area contributed by atoms with Crippen LogP contribution in [0.1, 0.15) is 79.1 Å². The van der Waals surface area contributed by atoms with Gasteiger partial charge in [-0.05, 0) is 30.3 Å². The van der Waals surface area contributed by atoms with Crippen molar-refractivity contribution >= 4 is 9.24 Å². The third kappa shape index (κ3) is 14.0. The minimum atomic E-state index is 0. The van der Waals surface area contributed by atoms with Crippen molar-refractivity contribution in [2.75, 3.05) is 0 Å². The molecule has 1 radical (unpaired) electrons. The van der Waals surface area contributed by atoms with E-state index in [9.17, 15) is 0 Å². The predicted molar refractivity (Wildman–Crippen MR) is 90.0 cm³/mol. The van der Waals surface area contributed by atoms with Gasteiger partial charge in [-0.2, -0.15) is 0 Å². The molecule has 3 unspecified atom stereocenters. The molecule has 0 nitrogen and oxygen atoms in total. The van der Waals surface area contributed by atoms with Gasteiger partial charge in [0.05, 0.1) is 0 Å². The minimum Gasteiger partial charge on any atom is -0.134 e. The maximum Gasteiger partial charge on any atom is 0 e. The Bertz CT molecular complexity index is 191. The standard InChI is InChI=1S/C8H17P.C6H12.C2H2.CH4.Fe.V/c1-2-4-7-5-3-6-8(7)9;1-6-4-2-3-5-6;1-2;;;/h7-8H,2-6,9H2,1H3;6H,2-5H2,1H3;1-2H;1H4;;. The maximum atomic E-state index is 4.00. The first-order chi connectivity index (χ1) is 8.24. The van der Waals surface area contributed by atoms with Gasteiger partial charge in [-0.1, -0.05) is 66.2 Å². The second-order valence-electron chi connectivity index (χ2n) is 5.53. The Morgan fingerprint density at radius 1 is 1.00 bits per heavy atom. The summed E-state index contributed by atoms with van der Waals surface area (Å²) in [4.78, 5) is 0. The Morgan fingerprint density at radius 2 is 1.50 bits per heavy atom. The zero-order valence-corrected chi connectivity index (χ0v) is 16.3. The van der Waals surface area contributed by atoms with E-state index in [4.69, 9.17) is 0 Å². The van der Waals surface area contributed by atoms with Gasteiger partial charge in [-0.3, -0.25) is 0 Å². The van der Waals surface area contributed by atoms with Crippen LogP contribution in [0, 0.1) is 24.7 Å². The van der Waals surface area contributed by atoms with Crippen molar-refractivity contribution < 1.29 is 35.6 Å². The Balaban J connectivity index is -0.000000104. The van der Waals surface area contributed by atoms with E-state index in [0.29, 0.717) is 0 Å². The summed E-state index contributed by atoms with van der Waals surface area (Å²) in [6.45, 7) is 4.63. The molecule has 2 aliphatic carbocycles. The van der Waals surface area contributed by atoms with E-state index in [0.717, 1.165) is 17.5 Å². The summed E-state index contributed by atoms with van der Waals surface area (Å²) in [5.74, 6) is 2.09. The predicted octanol–water partition coefficient (Wildman–Crippen LogP) is 5.91. The third-order valence-corrected chi connectivity index (χ3v) is 4.90. The summed E-state index contributed by atoms with van der Waals surface area (Å²) < 4.78 is 0. The summed E-state index contributed by atoms with van der Waals surface area (Å²) in [6.07, 6.45) is 21.2. The van der Waals surface area contributed by atoms with Crippen molar-refractivity contribution in [3.05, 3.63) is 0 Å². The monoisotopic (exact) mass is 377 g/mol. The van der Waals surface area contributed by atoms with Gasteiger partial charge in [0.1, 0.15) is 0 Å². The molecule has 3 atom stereocenters. The van der Waals surface area contributed by atoms with Crippen LogP contribution in [0.2, 0.25) is 0 Å². The molecule has 0 N–H and O–H groups in total. The van der Waals surface area contributed by atoms with Crippen LogP contribution < -0.4 is 0 Å². The first-order valence-electron chi connectivity index (χ1n) is 7.33. The van der Waals surface area contributed by atoms with E-state index in [1.165, 1.54) is 57.8 Å². The molecular weight excluding hydrogens is 342 g/mol. The fourth-order valence-corrected chi connectivity index (χ4v) is 3.55. The van der Waals surface area contributed by atoms with Gasteiger partial charge in [0.2, 0.25) is 0 Å².